The number of para-hydroxylation sites is 1. The van der Waals surface area contributed by atoms with Gasteiger partial charge in [-0.1, -0.05) is 24.3 Å². The van der Waals surface area contributed by atoms with E-state index in [-0.39, 0.29) is 5.91 Å². The third-order valence-electron chi connectivity index (χ3n) is 4.19. The highest BCUT2D eigenvalue weighted by Crippen LogP contribution is 2.21. The van der Waals surface area contributed by atoms with Crippen LogP contribution in [-0.2, 0) is 0 Å². The maximum atomic E-state index is 12.5. The van der Waals surface area contributed by atoms with E-state index in [9.17, 15) is 4.79 Å². The van der Waals surface area contributed by atoms with Crippen LogP contribution in [0.25, 0.3) is 0 Å². The van der Waals surface area contributed by atoms with Crippen LogP contribution in [0.15, 0.2) is 60.9 Å². The van der Waals surface area contributed by atoms with Crippen LogP contribution in [0.3, 0.4) is 0 Å². The number of carbonyl (C=O) groups excluding carboxylic acids is 1. The minimum atomic E-state index is -0.177. The molecule has 0 aliphatic rings. The Balaban J connectivity index is 1.77. The van der Waals surface area contributed by atoms with Crippen LogP contribution in [0.4, 0.5) is 17.1 Å². The molecule has 4 nitrogen and oxygen atoms in total. The monoisotopic (exact) mass is 331 g/mol. The highest BCUT2D eigenvalue weighted by Gasteiger charge is 2.09. The molecule has 0 saturated carbocycles. The molecular formula is C21H21N3O. The predicted octanol–water partition coefficient (Wildman–Crippen LogP) is 5.00. The Morgan fingerprint density at radius 3 is 2.40 bits per heavy atom. The summed E-state index contributed by atoms with van der Waals surface area (Å²) in [6, 6.07) is 15.7. The second-order valence-corrected chi connectivity index (χ2v) is 6.16. The first-order valence-electron chi connectivity index (χ1n) is 8.19. The van der Waals surface area contributed by atoms with E-state index in [0.717, 1.165) is 28.2 Å². The van der Waals surface area contributed by atoms with Gasteiger partial charge in [0.15, 0.2) is 0 Å². The zero-order valence-electron chi connectivity index (χ0n) is 14.6. The normalized spacial score (nSPS) is 10.4. The summed E-state index contributed by atoms with van der Waals surface area (Å²) >= 11 is 0. The summed E-state index contributed by atoms with van der Waals surface area (Å²) in [7, 11) is 0. The molecule has 1 amide bonds. The van der Waals surface area contributed by atoms with Gasteiger partial charge in [0.25, 0.3) is 5.91 Å². The fraction of sp³-hybridized carbons (Fsp3) is 0.143. The van der Waals surface area contributed by atoms with Crippen LogP contribution in [0.5, 0.6) is 0 Å². The van der Waals surface area contributed by atoms with Crippen molar-refractivity contribution < 1.29 is 4.79 Å². The Hall–Kier alpha value is -3.14. The lowest BCUT2D eigenvalue weighted by Crippen LogP contribution is -2.12. The van der Waals surface area contributed by atoms with Crippen molar-refractivity contribution in [3.63, 3.8) is 0 Å². The quantitative estimate of drug-likeness (QED) is 0.707. The van der Waals surface area contributed by atoms with Crippen molar-refractivity contribution >= 4 is 23.0 Å². The highest BCUT2D eigenvalue weighted by molar-refractivity contribution is 6.04. The van der Waals surface area contributed by atoms with Gasteiger partial charge in [-0.2, -0.15) is 0 Å². The molecule has 2 N–H and O–H groups in total. The molecule has 1 heterocycles. The summed E-state index contributed by atoms with van der Waals surface area (Å²) in [4.78, 5) is 16.7. The molecule has 25 heavy (non-hydrogen) atoms. The Morgan fingerprint density at radius 2 is 1.64 bits per heavy atom. The predicted molar refractivity (Wildman–Crippen MR) is 103 cm³/mol. The standard InChI is InChI=1S/C21H21N3O/c1-14-8-9-18(10-16(14)3)24-21(25)17-11-19(13-22-12-17)23-20-7-5-4-6-15(20)2/h4-13,23H,1-3H3,(H,24,25). The van der Waals surface area contributed by atoms with Gasteiger partial charge in [0.05, 0.1) is 17.4 Å². The molecule has 0 fully saturated rings. The van der Waals surface area contributed by atoms with Gasteiger partial charge in [0.2, 0.25) is 0 Å². The summed E-state index contributed by atoms with van der Waals surface area (Å²) in [5, 5.41) is 6.23. The third kappa shape index (κ3) is 4.04. The Bertz CT molecular complexity index is 919. The minimum absolute atomic E-state index is 0.177. The smallest absolute Gasteiger partial charge is 0.257 e. The van der Waals surface area contributed by atoms with Gasteiger partial charge in [-0.05, 0) is 61.7 Å². The zero-order valence-corrected chi connectivity index (χ0v) is 14.6. The molecule has 0 aliphatic heterocycles. The number of hydrogen-bond donors (Lipinski definition) is 2. The number of aromatic nitrogens is 1. The number of pyridine rings is 1. The van der Waals surface area contributed by atoms with Gasteiger partial charge in [-0.15, -0.1) is 0 Å². The van der Waals surface area contributed by atoms with E-state index >= 15 is 0 Å². The molecule has 3 aromatic rings. The summed E-state index contributed by atoms with van der Waals surface area (Å²) in [6.45, 7) is 6.11. The molecule has 3 rings (SSSR count). The number of carbonyl (C=O) groups is 1. The molecule has 0 saturated heterocycles. The van der Waals surface area contributed by atoms with Gasteiger partial charge in [0.1, 0.15) is 0 Å². The lowest BCUT2D eigenvalue weighted by Gasteiger charge is -2.11. The molecule has 0 radical (unpaired) electrons. The van der Waals surface area contributed by atoms with Crippen LogP contribution in [0, 0.1) is 20.8 Å². The van der Waals surface area contributed by atoms with Crippen molar-refractivity contribution in [3.05, 3.63) is 83.2 Å². The number of amides is 1. The van der Waals surface area contributed by atoms with Gasteiger partial charge in [-0.25, -0.2) is 0 Å². The summed E-state index contributed by atoms with van der Waals surface area (Å²) in [5.74, 6) is -0.177. The van der Waals surface area contributed by atoms with E-state index in [4.69, 9.17) is 0 Å². The highest BCUT2D eigenvalue weighted by atomic mass is 16.1. The van der Waals surface area contributed by atoms with Crippen molar-refractivity contribution in [2.75, 3.05) is 10.6 Å². The lowest BCUT2D eigenvalue weighted by molar-refractivity contribution is 0.102. The summed E-state index contributed by atoms with van der Waals surface area (Å²) in [6.07, 6.45) is 3.28. The SMILES string of the molecule is Cc1ccc(NC(=O)c2cncc(Nc3ccccc3C)c2)cc1C. The Morgan fingerprint density at radius 1 is 0.840 bits per heavy atom. The van der Waals surface area contributed by atoms with E-state index in [2.05, 4.69) is 15.6 Å². The fourth-order valence-electron chi connectivity index (χ4n) is 2.52. The van der Waals surface area contributed by atoms with E-state index in [1.807, 2.05) is 63.2 Å². The van der Waals surface area contributed by atoms with Crippen LogP contribution < -0.4 is 10.6 Å². The first kappa shape index (κ1) is 16.7. The molecule has 2 aromatic carbocycles. The van der Waals surface area contributed by atoms with E-state index < -0.39 is 0 Å². The average Bonchev–Trinajstić information content (AvgIpc) is 2.60. The van der Waals surface area contributed by atoms with Crippen molar-refractivity contribution in [2.45, 2.75) is 20.8 Å². The van der Waals surface area contributed by atoms with Crippen LogP contribution in [0.1, 0.15) is 27.0 Å². The number of nitrogens with one attached hydrogen (secondary N) is 2. The van der Waals surface area contributed by atoms with Crippen LogP contribution in [0.2, 0.25) is 0 Å². The first-order valence-corrected chi connectivity index (χ1v) is 8.19. The zero-order chi connectivity index (χ0) is 17.8. The van der Waals surface area contributed by atoms with Gasteiger partial charge < -0.3 is 10.6 Å². The summed E-state index contributed by atoms with van der Waals surface area (Å²) in [5.41, 5.74) is 6.54. The molecule has 0 bridgehead atoms. The average molecular weight is 331 g/mol. The Kier molecular flexibility index (Phi) is 4.80. The molecular weight excluding hydrogens is 310 g/mol. The molecule has 0 spiro atoms. The lowest BCUT2D eigenvalue weighted by atomic mass is 10.1. The molecule has 4 heteroatoms. The molecule has 1 aromatic heterocycles. The second-order valence-electron chi connectivity index (χ2n) is 6.16. The van der Waals surface area contributed by atoms with E-state index in [1.54, 1.807) is 18.5 Å². The maximum Gasteiger partial charge on any atom is 0.257 e. The number of anilines is 3. The molecule has 0 atom stereocenters. The second kappa shape index (κ2) is 7.18. The number of hydrogen-bond acceptors (Lipinski definition) is 3. The summed E-state index contributed by atoms with van der Waals surface area (Å²) < 4.78 is 0. The van der Waals surface area contributed by atoms with Crippen LogP contribution in [-0.4, -0.2) is 10.9 Å². The number of benzene rings is 2. The molecule has 0 aliphatic carbocycles. The number of nitrogens with zero attached hydrogens (tertiary/aromatic N) is 1. The number of rotatable bonds is 4. The van der Waals surface area contributed by atoms with Crippen molar-refractivity contribution in [3.8, 4) is 0 Å². The van der Waals surface area contributed by atoms with Crippen molar-refractivity contribution in [1.29, 1.82) is 0 Å². The van der Waals surface area contributed by atoms with E-state index in [0.29, 0.717) is 5.56 Å². The van der Waals surface area contributed by atoms with Gasteiger partial charge >= 0.3 is 0 Å². The maximum absolute atomic E-state index is 12.5. The van der Waals surface area contributed by atoms with Gasteiger partial charge in [0, 0.05) is 17.6 Å². The molecule has 0 unspecified atom stereocenters. The molecule has 126 valence electrons. The largest absolute Gasteiger partial charge is 0.354 e. The van der Waals surface area contributed by atoms with Crippen LogP contribution >= 0.6 is 0 Å². The first-order chi connectivity index (χ1) is 12.0. The topological polar surface area (TPSA) is 54.0 Å². The number of aryl methyl sites for hydroxylation is 3. The third-order valence-corrected chi connectivity index (χ3v) is 4.19. The fourth-order valence-corrected chi connectivity index (χ4v) is 2.52. The Labute approximate surface area is 147 Å². The van der Waals surface area contributed by atoms with Gasteiger partial charge in [-0.3, -0.25) is 9.78 Å². The van der Waals surface area contributed by atoms with Crippen molar-refractivity contribution in [2.24, 2.45) is 0 Å². The minimum Gasteiger partial charge on any atom is -0.354 e. The van der Waals surface area contributed by atoms with E-state index in [1.165, 1.54) is 5.56 Å². The van der Waals surface area contributed by atoms with Crippen molar-refractivity contribution in [1.82, 2.24) is 4.98 Å².